The SMILES string of the molecule is COc1cc(CCNC[C@H]2C[C@@H](c3ccc(C(=O)O)c(C)c3)c3ccccc3O2)ccc1F. The summed E-state index contributed by atoms with van der Waals surface area (Å²) in [5, 5.41) is 12.8. The van der Waals surface area contributed by atoms with Crippen LogP contribution in [0.5, 0.6) is 11.5 Å². The molecule has 0 radical (unpaired) electrons. The van der Waals surface area contributed by atoms with Crippen molar-refractivity contribution in [2.75, 3.05) is 20.2 Å². The molecule has 1 aliphatic heterocycles. The average molecular weight is 450 g/mol. The van der Waals surface area contributed by atoms with E-state index in [9.17, 15) is 14.3 Å². The van der Waals surface area contributed by atoms with Crippen LogP contribution in [0.15, 0.2) is 60.7 Å². The molecule has 0 spiro atoms. The molecule has 3 aromatic carbocycles. The Labute approximate surface area is 193 Å². The van der Waals surface area contributed by atoms with Crippen LogP contribution < -0.4 is 14.8 Å². The van der Waals surface area contributed by atoms with Crippen molar-refractivity contribution >= 4 is 5.97 Å². The van der Waals surface area contributed by atoms with Crippen molar-refractivity contribution in [1.29, 1.82) is 0 Å². The summed E-state index contributed by atoms with van der Waals surface area (Å²) in [7, 11) is 1.46. The van der Waals surface area contributed by atoms with E-state index in [-0.39, 0.29) is 23.6 Å². The second-order valence-electron chi connectivity index (χ2n) is 8.37. The number of aromatic carboxylic acids is 1. The fraction of sp³-hybridized carbons (Fsp3) is 0.296. The van der Waals surface area contributed by atoms with Gasteiger partial charge in [0.15, 0.2) is 11.6 Å². The van der Waals surface area contributed by atoms with E-state index in [0.29, 0.717) is 12.1 Å². The molecule has 0 amide bonds. The molecule has 0 bridgehead atoms. The Morgan fingerprint density at radius 2 is 2.00 bits per heavy atom. The highest BCUT2D eigenvalue weighted by Gasteiger charge is 2.29. The number of hydrogen-bond acceptors (Lipinski definition) is 4. The van der Waals surface area contributed by atoms with Crippen molar-refractivity contribution in [2.24, 2.45) is 0 Å². The van der Waals surface area contributed by atoms with Gasteiger partial charge in [0.2, 0.25) is 0 Å². The maximum absolute atomic E-state index is 13.6. The number of aryl methyl sites for hydroxylation is 1. The third-order valence-corrected chi connectivity index (χ3v) is 6.15. The zero-order valence-corrected chi connectivity index (χ0v) is 18.8. The monoisotopic (exact) mass is 449 g/mol. The Bertz CT molecular complexity index is 1150. The van der Waals surface area contributed by atoms with E-state index in [2.05, 4.69) is 11.4 Å². The number of ether oxygens (including phenoxy) is 2. The molecule has 0 aliphatic carbocycles. The van der Waals surface area contributed by atoms with Crippen LogP contribution in [0.3, 0.4) is 0 Å². The number of carbonyl (C=O) groups is 1. The number of hydrogen-bond donors (Lipinski definition) is 2. The highest BCUT2D eigenvalue weighted by Crippen LogP contribution is 2.40. The number of halogens is 1. The molecule has 1 heterocycles. The predicted molar refractivity (Wildman–Crippen MR) is 125 cm³/mol. The molecule has 0 saturated heterocycles. The molecule has 4 rings (SSSR count). The summed E-state index contributed by atoms with van der Waals surface area (Å²) >= 11 is 0. The van der Waals surface area contributed by atoms with Crippen molar-refractivity contribution in [2.45, 2.75) is 31.8 Å². The molecule has 0 saturated carbocycles. The number of carboxylic acid groups (broad SMARTS) is 1. The highest BCUT2D eigenvalue weighted by molar-refractivity contribution is 5.89. The second kappa shape index (κ2) is 10.0. The van der Waals surface area contributed by atoms with Gasteiger partial charge in [-0.2, -0.15) is 0 Å². The molecule has 6 heteroatoms. The minimum Gasteiger partial charge on any atom is -0.494 e. The van der Waals surface area contributed by atoms with E-state index in [1.54, 1.807) is 18.2 Å². The minimum atomic E-state index is -0.910. The van der Waals surface area contributed by atoms with Crippen LogP contribution >= 0.6 is 0 Å². The lowest BCUT2D eigenvalue weighted by atomic mass is 9.83. The Hall–Kier alpha value is -3.38. The van der Waals surface area contributed by atoms with Crippen LogP contribution in [0.1, 0.15) is 45.0 Å². The zero-order valence-electron chi connectivity index (χ0n) is 18.8. The third-order valence-electron chi connectivity index (χ3n) is 6.15. The molecule has 2 atom stereocenters. The number of nitrogens with one attached hydrogen (secondary N) is 1. The molecule has 172 valence electrons. The molecule has 3 aromatic rings. The summed E-state index contributed by atoms with van der Waals surface area (Å²) in [6.07, 6.45) is 1.52. The van der Waals surface area contributed by atoms with E-state index in [1.807, 2.05) is 37.3 Å². The van der Waals surface area contributed by atoms with Crippen molar-refractivity contribution in [3.8, 4) is 11.5 Å². The van der Waals surface area contributed by atoms with Gasteiger partial charge in [-0.1, -0.05) is 36.4 Å². The molecule has 1 aliphatic rings. The van der Waals surface area contributed by atoms with Crippen LogP contribution in [0.4, 0.5) is 4.39 Å². The number of methoxy groups -OCH3 is 1. The second-order valence-corrected chi connectivity index (χ2v) is 8.37. The van der Waals surface area contributed by atoms with Gasteiger partial charge >= 0.3 is 5.97 Å². The molecule has 33 heavy (non-hydrogen) atoms. The first-order valence-electron chi connectivity index (χ1n) is 11.1. The van der Waals surface area contributed by atoms with E-state index in [4.69, 9.17) is 9.47 Å². The fourth-order valence-corrected chi connectivity index (χ4v) is 4.43. The van der Waals surface area contributed by atoms with Gasteiger partial charge in [-0.05, 0) is 67.3 Å². The normalized spacial score (nSPS) is 17.2. The van der Waals surface area contributed by atoms with E-state index in [1.165, 1.54) is 13.2 Å². The smallest absolute Gasteiger partial charge is 0.335 e. The van der Waals surface area contributed by atoms with Gasteiger partial charge in [0, 0.05) is 18.0 Å². The number of fused-ring (bicyclic) bond motifs is 1. The summed E-state index contributed by atoms with van der Waals surface area (Å²) < 4.78 is 24.9. The summed E-state index contributed by atoms with van der Waals surface area (Å²) in [4.78, 5) is 11.4. The first-order chi connectivity index (χ1) is 16.0. The van der Waals surface area contributed by atoms with Crippen LogP contribution in [0, 0.1) is 12.7 Å². The Morgan fingerprint density at radius 1 is 1.18 bits per heavy atom. The molecule has 0 fully saturated rings. The van der Waals surface area contributed by atoms with Crippen LogP contribution in [0.25, 0.3) is 0 Å². The first kappa shape index (κ1) is 22.8. The van der Waals surface area contributed by atoms with Gasteiger partial charge in [0.1, 0.15) is 11.9 Å². The summed E-state index contributed by atoms with van der Waals surface area (Å²) in [5.74, 6) is -0.0198. The van der Waals surface area contributed by atoms with E-state index >= 15 is 0 Å². The van der Waals surface area contributed by atoms with Crippen LogP contribution in [-0.4, -0.2) is 37.4 Å². The van der Waals surface area contributed by atoms with Gasteiger partial charge in [-0.25, -0.2) is 9.18 Å². The molecule has 5 nitrogen and oxygen atoms in total. The van der Waals surface area contributed by atoms with Crippen molar-refractivity contribution in [1.82, 2.24) is 5.32 Å². The van der Waals surface area contributed by atoms with Gasteiger partial charge < -0.3 is 19.9 Å². The highest BCUT2D eigenvalue weighted by atomic mass is 19.1. The number of para-hydroxylation sites is 1. The Kier molecular flexibility index (Phi) is 6.94. The maximum atomic E-state index is 13.6. The largest absolute Gasteiger partial charge is 0.494 e. The minimum absolute atomic E-state index is 0.0212. The van der Waals surface area contributed by atoms with Gasteiger partial charge in [0.05, 0.1) is 12.7 Å². The topological polar surface area (TPSA) is 67.8 Å². The lowest BCUT2D eigenvalue weighted by Gasteiger charge is -2.33. The van der Waals surface area contributed by atoms with Gasteiger partial charge in [0.25, 0.3) is 0 Å². The van der Waals surface area contributed by atoms with Crippen molar-refractivity contribution in [3.63, 3.8) is 0 Å². The Balaban J connectivity index is 1.43. The predicted octanol–water partition coefficient (Wildman–Crippen LogP) is 4.96. The lowest BCUT2D eigenvalue weighted by Crippen LogP contribution is -2.36. The van der Waals surface area contributed by atoms with E-state index in [0.717, 1.165) is 47.4 Å². The number of benzene rings is 3. The summed E-state index contributed by atoms with van der Waals surface area (Å²) in [6, 6.07) is 18.5. The quantitative estimate of drug-likeness (QED) is 0.476. The van der Waals surface area contributed by atoms with Crippen LogP contribution in [-0.2, 0) is 6.42 Å². The molecular weight excluding hydrogens is 421 g/mol. The molecule has 0 unspecified atom stereocenters. The zero-order chi connectivity index (χ0) is 23.4. The standard InChI is InChI=1S/C27H28FNO4/c1-17-13-19(8-9-21(17)27(30)31)23-15-20(33-25-6-4-3-5-22(23)25)16-29-12-11-18-7-10-24(28)26(14-18)32-2/h3-10,13-14,20,23,29H,11-12,15-16H2,1-2H3,(H,30,31)/t20-,23+/m1/s1. The third kappa shape index (κ3) is 5.17. The van der Waals surface area contributed by atoms with E-state index < -0.39 is 5.97 Å². The van der Waals surface area contributed by atoms with Crippen LogP contribution in [0.2, 0.25) is 0 Å². The van der Waals surface area contributed by atoms with Crippen molar-refractivity contribution in [3.05, 3.63) is 94.3 Å². The first-order valence-corrected chi connectivity index (χ1v) is 11.1. The summed E-state index contributed by atoms with van der Waals surface area (Å²) in [6.45, 7) is 3.24. The number of carboxylic acids is 1. The molecule has 2 N–H and O–H groups in total. The van der Waals surface area contributed by atoms with Gasteiger partial charge in [-0.15, -0.1) is 0 Å². The summed E-state index contributed by atoms with van der Waals surface area (Å²) in [5.41, 5.74) is 4.30. The average Bonchev–Trinajstić information content (AvgIpc) is 2.82. The molecular formula is C27H28FNO4. The fourth-order valence-electron chi connectivity index (χ4n) is 4.43. The Morgan fingerprint density at radius 3 is 2.76 bits per heavy atom. The maximum Gasteiger partial charge on any atom is 0.335 e. The lowest BCUT2D eigenvalue weighted by molar-refractivity contribution is 0.0696. The van der Waals surface area contributed by atoms with Gasteiger partial charge in [-0.3, -0.25) is 0 Å². The number of rotatable bonds is 8. The van der Waals surface area contributed by atoms with Crippen molar-refractivity contribution < 1.29 is 23.8 Å². The molecule has 0 aromatic heterocycles.